The molecular weight excluding hydrogens is 408 g/mol. The van der Waals surface area contributed by atoms with Gasteiger partial charge in [0.1, 0.15) is 0 Å². The molecule has 8 heteroatoms. The zero-order chi connectivity index (χ0) is 19.0. The van der Waals surface area contributed by atoms with E-state index in [-0.39, 0.29) is 4.88 Å². The van der Waals surface area contributed by atoms with E-state index in [0.29, 0.717) is 15.9 Å². The SMILES string of the molecule is Cc1nc(-c2ncc(C(F)F)s2)n2cc(SCc3ccccc3)cc(Cl)c12. The Morgan fingerprint density at radius 3 is 2.74 bits per heavy atom. The molecule has 3 heterocycles. The van der Waals surface area contributed by atoms with Crippen molar-refractivity contribution >= 4 is 40.2 Å². The first-order valence-electron chi connectivity index (χ1n) is 8.12. The third-order valence-corrected chi connectivity index (χ3v) is 6.34. The lowest BCUT2D eigenvalue weighted by molar-refractivity contribution is 0.155. The van der Waals surface area contributed by atoms with E-state index in [1.165, 1.54) is 11.8 Å². The van der Waals surface area contributed by atoms with Crippen LogP contribution in [0.5, 0.6) is 0 Å². The number of aryl methyl sites for hydroxylation is 1. The van der Waals surface area contributed by atoms with Crippen LogP contribution in [0.15, 0.2) is 53.7 Å². The van der Waals surface area contributed by atoms with Crippen LogP contribution in [0.1, 0.15) is 22.6 Å². The molecule has 1 aromatic carbocycles. The molecule has 0 saturated carbocycles. The second kappa shape index (κ2) is 7.58. The number of rotatable bonds is 5. The Bertz CT molecular complexity index is 1090. The van der Waals surface area contributed by atoms with Gasteiger partial charge in [-0.3, -0.25) is 4.40 Å². The van der Waals surface area contributed by atoms with Gasteiger partial charge in [-0.25, -0.2) is 18.7 Å². The highest BCUT2D eigenvalue weighted by atomic mass is 35.5. The van der Waals surface area contributed by atoms with Crippen LogP contribution in [-0.2, 0) is 5.75 Å². The third-order valence-electron chi connectivity index (χ3n) is 4.02. The van der Waals surface area contributed by atoms with E-state index in [2.05, 4.69) is 22.1 Å². The molecule has 0 amide bonds. The van der Waals surface area contributed by atoms with E-state index >= 15 is 0 Å². The number of hydrogen-bond acceptors (Lipinski definition) is 4. The largest absolute Gasteiger partial charge is 0.295 e. The van der Waals surface area contributed by atoms with Crippen LogP contribution >= 0.6 is 34.7 Å². The monoisotopic (exact) mass is 421 g/mol. The van der Waals surface area contributed by atoms with Gasteiger partial charge in [-0.1, -0.05) is 41.9 Å². The van der Waals surface area contributed by atoms with Gasteiger partial charge in [0.25, 0.3) is 6.43 Å². The van der Waals surface area contributed by atoms with Gasteiger partial charge in [0.15, 0.2) is 10.8 Å². The average Bonchev–Trinajstić information content (AvgIpc) is 3.26. The number of fused-ring (bicyclic) bond motifs is 1. The molecule has 3 nitrogen and oxygen atoms in total. The molecule has 0 aliphatic heterocycles. The fourth-order valence-corrected chi connectivity index (χ4v) is 4.85. The molecule has 0 aliphatic rings. The molecule has 0 fully saturated rings. The number of hydrogen-bond donors (Lipinski definition) is 0. The summed E-state index contributed by atoms with van der Waals surface area (Å²) in [6.07, 6.45) is 0.605. The van der Waals surface area contributed by atoms with Crippen LogP contribution < -0.4 is 0 Å². The second-order valence-electron chi connectivity index (χ2n) is 5.91. The molecule has 0 unspecified atom stereocenters. The summed E-state index contributed by atoms with van der Waals surface area (Å²) in [7, 11) is 0. The standard InChI is InChI=1S/C19H14ClF2N3S2/c1-11-16-14(20)7-13(26-10-12-5-3-2-4-6-12)9-25(16)18(24-11)19-23-8-15(27-19)17(21)22/h2-9,17H,10H2,1H3. The van der Waals surface area contributed by atoms with Crippen LogP contribution in [0.2, 0.25) is 5.02 Å². The molecular formula is C19H14ClF2N3S2. The maximum Gasteiger partial charge on any atom is 0.274 e. The van der Waals surface area contributed by atoms with Gasteiger partial charge in [-0.2, -0.15) is 0 Å². The Kier molecular flexibility index (Phi) is 5.16. The maximum absolute atomic E-state index is 12.9. The molecule has 138 valence electrons. The van der Waals surface area contributed by atoms with Crippen molar-refractivity contribution in [3.63, 3.8) is 0 Å². The first-order valence-corrected chi connectivity index (χ1v) is 10.3. The van der Waals surface area contributed by atoms with Crippen LogP contribution in [0, 0.1) is 6.92 Å². The van der Waals surface area contributed by atoms with Gasteiger partial charge in [-0.05, 0) is 18.6 Å². The van der Waals surface area contributed by atoms with E-state index in [9.17, 15) is 8.78 Å². The van der Waals surface area contributed by atoms with Crippen LogP contribution in [-0.4, -0.2) is 14.4 Å². The summed E-state index contributed by atoms with van der Waals surface area (Å²) in [6.45, 7) is 1.85. The highest BCUT2D eigenvalue weighted by Crippen LogP contribution is 2.35. The Morgan fingerprint density at radius 1 is 1.26 bits per heavy atom. The predicted molar refractivity (Wildman–Crippen MR) is 107 cm³/mol. The number of alkyl halides is 2. The first-order chi connectivity index (χ1) is 13.0. The number of aromatic nitrogens is 3. The smallest absolute Gasteiger partial charge is 0.274 e. The summed E-state index contributed by atoms with van der Waals surface area (Å²) < 4.78 is 27.7. The van der Waals surface area contributed by atoms with Gasteiger partial charge in [0.05, 0.1) is 21.1 Å². The molecule has 4 aromatic rings. The number of pyridine rings is 1. The summed E-state index contributed by atoms with van der Waals surface area (Å²) in [5, 5.41) is 1.03. The fourth-order valence-electron chi connectivity index (χ4n) is 2.78. The number of imidazole rings is 1. The summed E-state index contributed by atoms with van der Waals surface area (Å²) in [5.74, 6) is 1.34. The Balaban J connectivity index is 1.73. The summed E-state index contributed by atoms with van der Waals surface area (Å²) in [4.78, 5) is 9.56. The highest BCUT2D eigenvalue weighted by molar-refractivity contribution is 7.98. The predicted octanol–water partition coefficient (Wildman–Crippen LogP) is 6.65. The lowest BCUT2D eigenvalue weighted by Crippen LogP contribution is -1.91. The minimum absolute atomic E-state index is 0.0693. The topological polar surface area (TPSA) is 30.2 Å². The fraction of sp³-hybridized carbons (Fsp3) is 0.158. The van der Waals surface area contributed by atoms with Crippen molar-refractivity contribution in [2.75, 3.05) is 0 Å². The molecule has 27 heavy (non-hydrogen) atoms. The molecule has 0 bridgehead atoms. The zero-order valence-corrected chi connectivity index (χ0v) is 16.6. The van der Waals surface area contributed by atoms with E-state index in [1.807, 2.05) is 41.8 Å². The summed E-state index contributed by atoms with van der Waals surface area (Å²) in [5.41, 5.74) is 2.72. The van der Waals surface area contributed by atoms with Gasteiger partial charge < -0.3 is 0 Å². The van der Waals surface area contributed by atoms with Crippen molar-refractivity contribution in [1.82, 2.24) is 14.4 Å². The van der Waals surface area contributed by atoms with Gasteiger partial charge in [-0.15, -0.1) is 23.1 Å². The normalized spacial score (nSPS) is 11.6. The molecule has 0 spiro atoms. The molecule has 0 aliphatic carbocycles. The van der Waals surface area contributed by atoms with E-state index in [0.717, 1.165) is 33.2 Å². The first kappa shape index (κ1) is 18.4. The van der Waals surface area contributed by atoms with E-state index < -0.39 is 6.43 Å². The second-order valence-corrected chi connectivity index (χ2v) is 8.42. The number of thiazole rings is 1. The maximum atomic E-state index is 12.9. The molecule has 3 aromatic heterocycles. The zero-order valence-electron chi connectivity index (χ0n) is 14.2. The van der Waals surface area contributed by atoms with Gasteiger partial charge >= 0.3 is 0 Å². The lowest BCUT2D eigenvalue weighted by atomic mass is 10.2. The molecule has 4 rings (SSSR count). The number of thioether (sulfide) groups is 1. The number of nitrogens with zero attached hydrogens (tertiary/aromatic N) is 3. The Labute approximate surface area is 168 Å². The van der Waals surface area contributed by atoms with Gasteiger partial charge in [0, 0.05) is 23.0 Å². The van der Waals surface area contributed by atoms with Crippen molar-refractivity contribution in [2.24, 2.45) is 0 Å². The minimum Gasteiger partial charge on any atom is -0.295 e. The van der Waals surface area contributed by atoms with Crippen LogP contribution in [0.4, 0.5) is 8.78 Å². The van der Waals surface area contributed by atoms with Crippen LogP contribution in [0.25, 0.3) is 16.3 Å². The van der Waals surface area contributed by atoms with Crippen LogP contribution in [0.3, 0.4) is 0 Å². The average molecular weight is 422 g/mol. The van der Waals surface area contributed by atoms with E-state index in [1.54, 1.807) is 11.8 Å². The quantitative estimate of drug-likeness (QED) is 0.338. The van der Waals surface area contributed by atoms with E-state index in [4.69, 9.17) is 11.6 Å². The Hall–Kier alpha value is -1.96. The lowest BCUT2D eigenvalue weighted by Gasteiger charge is -2.07. The summed E-state index contributed by atoms with van der Waals surface area (Å²) in [6, 6.07) is 12.1. The van der Waals surface area contributed by atoms with Crippen molar-refractivity contribution in [2.45, 2.75) is 24.0 Å². The molecule has 0 radical (unpaired) electrons. The molecule has 0 N–H and O–H groups in total. The van der Waals surface area contributed by atoms with Crippen molar-refractivity contribution < 1.29 is 8.78 Å². The highest BCUT2D eigenvalue weighted by Gasteiger charge is 2.19. The molecule has 0 atom stereocenters. The van der Waals surface area contributed by atoms with Gasteiger partial charge in [0.2, 0.25) is 0 Å². The van der Waals surface area contributed by atoms with Crippen molar-refractivity contribution in [1.29, 1.82) is 0 Å². The third kappa shape index (κ3) is 3.72. The van der Waals surface area contributed by atoms with Crippen molar-refractivity contribution in [3.05, 3.63) is 69.9 Å². The minimum atomic E-state index is -2.54. The molecule has 0 saturated heterocycles. The van der Waals surface area contributed by atoms with Crippen molar-refractivity contribution in [3.8, 4) is 10.8 Å². The Morgan fingerprint density at radius 2 is 2.04 bits per heavy atom. The number of halogens is 3. The summed E-state index contributed by atoms with van der Waals surface area (Å²) >= 11 is 9.10. The number of benzene rings is 1.